The molecule has 1 aliphatic carbocycles. The molecule has 2 N–H and O–H groups in total. The van der Waals surface area contributed by atoms with E-state index in [-0.39, 0.29) is 12.5 Å². The molecule has 3 rings (SSSR count). The van der Waals surface area contributed by atoms with E-state index in [9.17, 15) is 4.79 Å². The van der Waals surface area contributed by atoms with Crippen molar-refractivity contribution in [2.24, 2.45) is 0 Å². The first kappa shape index (κ1) is 24.2. The van der Waals surface area contributed by atoms with Gasteiger partial charge in [-0.3, -0.25) is 9.69 Å². The standard InChI is InChI=1S/C23H36N4O2S2/c28-22(24-10-9-20-6-2-1-3-7-20)18-25-23(30)27(19-21-8-4-17-31-21)12-5-11-26-13-15-29-16-14-26/h4,6,8,17H,1-3,5,7,9-16,18-19H2,(H,24,28)(H,25,30). The number of ether oxygens (including phenoxy) is 1. The fourth-order valence-corrected chi connectivity index (χ4v) is 4.92. The number of carbonyl (C=O) groups excluding carboxylic acids is 1. The minimum Gasteiger partial charge on any atom is -0.379 e. The van der Waals surface area contributed by atoms with Crippen LogP contribution in [-0.4, -0.2) is 73.3 Å². The third-order valence-electron chi connectivity index (χ3n) is 5.77. The van der Waals surface area contributed by atoms with Gasteiger partial charge in [0.05, 0.1) is 26.3 Å². The molecule has 31 heavy (non-hydrogen) atoms. The number of hydrogen-bond donors (Lipinski definition) is 2. The molecule has 6 nitrogen and oxygen atoms in total. The highest BCUT2D eigenvalue weighted by molar-refractivity contribution is 7.80. The second kappa shape index (κ2) is 13.8. The Morgan fingerprint density at radius 1 is 1.26 bits per heavy atom. The summed E-state index contributed by atoms with van der Waals surface area (Å²) >= 11 is 7.39. The molecule has 0 radical (unpaired) electrons. The molecule has 1 saturated heterocycles. The average molecular weight is 465 g/mol. The predicted octanol–water partition coefficient (Wildman–Crippen LogP) is 3.15. The van der Waals surface area contributed by atoms with Crippen molar-refractivity contribution < 1.29 is 9.53 Å². The number of thiophene rings is 1. The van der Waals surface area contributed by atoms with Crippen LogP contribution in [0.1, 0.15) is 43.4 Å². The van der Waals surface area contributed by atoms with Crippen LogP contribution in [0.2, 0.25) is 0 Å². The summed E-state index contributed by atoms with van der Waals surface area (Å²) in [5.41, 5.74) is 1.48. The van der Waals surface area contributed by atoms with E-state index in [4.69, 9.17) is 17.0 Å². The van der Waals surface area contributed by atoms with Gasteiger partial charge < -0.3 is 20.3 Å². The lowest BCUT2D eigenvalue weighted by atomic mass is 9.97. The van der Waals surface area contributed by atoms with E-state index >= 15 is 0 Å². The van der Waals surface area contributed by atoms with E-state index in [1.54, 1.807) is 11.3 Å². The Labute approximate surface area is 196 Å². The number of hydrogen-bond acceptors (Lipinski definition) is 5. The summed E-state index contributed by atoms with van der Waals surface area (Å²) in [7, 11) is 0. The SMILES string of the molecule is O=C(CNC(=S)N(CCCN1CCOCC1)Cc1cccs1)NCCC1=CCCCC1. The molecule has 2 aliphatic rings. The fourth-order valence-electron chi connectivity index (χ4n) is 3.98. The molecule has 1 fully saturated rings. The van der Waals surface area contributed by atoms with E-state index < -0.39 is 0 Å². The van der Waals surface area contributed by atoms with Gasteiger partial charge in [0.1, 0.15) is 0 Å². The Hall–Kier alpha value is -1.48. The maximum absolute atomic E-state index is 12.3. The third-order valence-corrected chi connectivity index (χ3v) is 7.04. The Kier molecular flexibility index (Phi) is 10.8. The van der Waals surface area contributed by atoms with Gasteiger partial charge in [0, 0.05) is 37.6 Å². The van der Waals surface area contributed by atoms with Crippen molar-refractivity contribution in [3.8, 4) is 0 Å². The molecule has 0 saturated carbocycles. The van der Waals surface area contributed by atoms with Crippen molar-refractivity contribution in [3.63, 3.8) is 0 Å². The highest BCUT2D eigenvalue weighted by atomic mass is 32.1. The highest BCUT2D eigenvalue weighted by Crippen LogP contribution is 2.19. The molecule has 1 amide bonds. The Morgan fingerprint density at radius 3 is 2.87 bits per heavy atom. The zero-order valence-corrected chi connectivity index (χ0v) is 20.1. The number of rotatable bonds is 11. The fraction of sp³-hybridized carbons (Fsp3) is 0.652. The second-order valence-corrected chi connectivity index (χ2v) is 9.59. The van der Waals surface area contributed by atoms with Crippen molar-refractivity contribution in [2.75, 3.05) is 52.5 Å². The van der Waals surface area contributed by atoms with Crippen LogP contribution in [-0.2, 0) is 16.1 Å². The van der Waals surface area contributed by atoms with Gasteiger partial charge in [0.25, 0.3) is 0 Å². The van der Waals surface area contributed by atoms with Crippen LogP contribution in [0.15, 0.2) is 29.2 Å². The molecule has 8 heteroatoms. The molecule has 0 atom stereocenters. The highest BCUT2D eigenvalue weighted by Gasteiger charge is 2.15. The number of carbonyl (C=O) groups is 1. The van der Waals surface area contributed by atoms with Gasteiger partial charge in [-0.2, -0.15) is 0 Å². The van der Waals surface area contributed by atoms with Crippen LogP contribution in [0, 0.1) is 0 Å². The molecule has 2 heterocycles. The maximum atomic E-state index is 12.3. The maximum Gasteiger partial charge on any atom is 0.239 e. The molecule has 1 aromatic heterocycles. The summed E-state index contributed by atoms with van der Waals surface area (Å²) in [5, 5.41) is 8.94. The van der Waals surface area contributed by atoms with Crippen molar-refractivity contribution in [2.45, 2.75) is 45.1 Å². The average Bonchev–Trinajstić information content (AvgIpc) is 3.31. The van der Waals surface area contributed by atoms with E-state index in [1.807, 2.05) is 0 Å². The topological polar surface area (TPSA) is 56.8 Å². The summed E-state index contributed by atoms with van der Waals surface area (Å²) < 4.78 is 5.43. The summed E-state index contributed by atoms with van der Waals surface area (Å²) in [6.07, 6.45) is 9.27. The summed E-state index contributed by atoms with van der Waals surface area (Å²) in [4.78, 5) is 18.2. The van der Waals surface area contributed by atoms with Crippen LogP contribution in [0.25, 0.3) is 0 Å². The molecule has 0 aromatic carbocycles. The van der Waals surface area contributed by atoms with Crippen molar-refractivity contribution in [3.05, 3.63) is 34.0 Å². The lowest BCUT2D eigenvalue weighted by Crippen LogP contribution is -2.45. The number of amides is 1. The summed E-state index contributed by atoms with van der Waals surface area (Å²) in [6.45, 7) is 7.29. The first-order valence-electron chi connectivity index (χ1n) is 11.5. The van der Waals surface area contributed by atoms with E-state index in [2.05, 4.69) is 44.0 Å². The lowest BCUT2D eigenvalue weighted by molar-refractivity contribution is -0.119. The number of nitrogens with zero attached hydrogens (tertiary/aromatic N) is 2. The molecular formula is C23H36N4O2S2. The third kappa shape index (κ3) is 9.27. The van der Waals surface area contributed by atoms with Crippen molar-refractivity contribution >= 4 is 34.6 Å². The van der Waals surface area contributed by atoms with E-state index in [1.165, 1.54) is 36.1 Å². The van der Waals surface area contributed by atoms with Crippen molar-refractivity contribution in [1.82, 2.24) is 20.4 Å². The first-order valence-corrected chi connectivity index (χ1v) is 12.8. The summed E-state index contributed by atoms with van der Waals surface area (Å²) in [6, 6.07) is 4.20. The molecule has 1 aliphatic heterocycles. The quantitative estimate of drug-likeness (QED) is 0.388. The molecule has 0 spiro atoms. The molecule has 172 valence electrons. The lowest BCUT2D eigenvalue weighted by Gasteiger charge is -2.29. The van der Waals surface area contributed by atoms with Gasteiger partial charge in [-0.25, -0.2) is 0 Å². The number of nitrogens with one attached hydrogen (secondary N) is 2. The molecule has 0 unspecified atom stereocenters. The number of morpholine rings is 1. The van der Waals surface area contributed by atoms with E-state index in [0.717, 1.165) is 58.8 Å². The largest absolute Gasteiger partial charge is 0.379 e. The van der Waals surface area contributed by atoms with Gasteiger partial charge in [0.15, 0.2) is 5.11 Å². The van der Waals surface area contributed by atoms with Gasteiger partial charge >= 0.3 is 0 Å². The Bertz CT molecular complexity index is 702. The monoisotopic (exact) mass is 464 g/mol. The second-order valence-electron chi connectivity index (χ2n) is 8.18. The number of allylic oxidation sites excluding steroid dienone is 1. The van der Waals surface area contributed by atoms with Crippen LogP contribution in [0.3, 0.4) is 0 Å². The Balaban J connectivity index is 1.38. The number of thiocarbonyl (C=S) groups is 1. The zero-order chi connectivity index (χ0) is 21.7. The molecule has 1 aromatic rings. The van der Waals surface area contributed by atoms with Crippen LogP contribution in [0.5, 0.6) is 0 Å². The van der Waals surface area contributed by atoms with E-state index in [0.29, 0.717) is 11.7 Å². The smallest absolute Gasteiger partial charge is 0.239 e. The predicted molar refractivity (Wildman–Crippen MR) is 131 cm³/mol. The Morgan fingerprint density at radius 2 is 2.13 bits per heavy atom. The van der Waals surface area contributed by atoms with Gasteiger partial charge in [-0.1, -0.05) is 17.7 Å². The zero-order valence-electron chi connectivity index (χ0n) is 18.4. The van der Waals surface area contributed by atoms with Gasteiger partial charge in [0.2, 0.25) is 5.91 Å². The molecular weight excluding hydrogens is 428 g/mol. The first-order chi connectivity index (χ1) is 15.2. The molecule has 0 bridgehead atoms. The van der Waals surface area contributed by atoms with Gasteiger partial charge in [-0.15, -0.1) is 11.3 Å². The summed E-state index contributed by atoms with van der Waals surface area (Å²) in [5.74, 6) is 0.00292. The van der Waals surface area contributed by atoms with Crippen molar-refractivity contribution in [1.29, 1.82) is 0 Å². The normalized spacial score (nSPS) is 17.1. The van der Waals surface area contributed by atoms with Crippen LogP contribution < -0.4 is 10.6 Å². The minimum absolute atomic E-state index is 0.00292. The van der Waals surface area contributed by atoms with Crippen LogP contribution >= 0.6 is 23.6 Å². The van der Waals surface area contributed by atoms with Gasteiger partial charge in [-0.05, 0) is 62.2 Å². The van der Waals surface area contributed by atoms with Crippen LogP contribution in [0.4, 0.5) is 0 Å². The minimum atomic E-state index is 0.00292.